The molecule has 0 aliphatic rings. The largest absolute Gasteiger partial charge is 0.495 e. The Hall–Kier alpha value is -4.01. The number of halogens is 3. The molecule has 0 fully saturated rings. The summed E-state index contributed by atoms with van der Waals surface area (Å²) in [6.07, 6.45) is -4.48. The lowest BCUT2D eigenvalue weighted by molar-refractivity contribution is -0.137. The molecule has 166 valence electrons. The van der Waals surface area contributed by atoms with Crippen LogP contribution in [0.3, 0.4) is 0 Å². The Kier molecular flexibility index (Phi) is 6.67. The summed E-state index contributed by atoms with van der Waals surface area (Å²) >= 11 is 0. The molecule has 9 heteroatoms. The molecule has 3 aromatic carbocycles. The van der Waals surface area contributed by atoms with Gasteiger partial charge in [-0.2, -0.15) is 13.2 Å². The molecule has 0 atom stereocenters. The van der Waals surface area contributed by atoms with Crippen LogP contribution in [0, 0.1) is 0 Å². The van der Waals surface area contributed by atoms with Gasteiger partial charge in [0.25, 0.3) is 5.91 Å². The van der Waals surface area contributed by atoms with Gasteiger partial charge in [-0.3, -0.25) is 4.79 Å². The molecule has 0 spiro atoms. The molecule has 0 aliphatic carbocycles. The lowest BCUT2D eigenvalue weighted by Crippen LogP contribution is -2.12. The van der Waals surface area contributed by atoms with Crippen LogP contribution in [-0.2, 0) is 10.9 Å². The van der Waals surface area contributed by atoms with E-state index in [1.54, 1.807) is 12.1 Å². The first kappa shape index (κ1) is 22.7. The molecule has 2 N–H and O–H groups in total. The predicted octanol–water partition coefficient (Wildman–Crippen LogP) is 5.50. The zero-order chi connectivity index (χ0) is 23.3. The van der Waals surface area contributed by atoms with Gasteiger partial charge in [-0.15, -0.1) is 0 Å². The smallest absolute Gasteiger partial charge is 0.416 e. The van der Waals surface area contributed by atoms with E-state index in [1.165, 1.54) is 56.7 Å². The average molecular weight is 444 g/mol. The molecule has 0 bridgehead atoms. The third-order valence-corrected chi connectivity index (χ3v) is 4.49. The number of alkyl halides is 3. The topological polar surface area (TPSA) is 76.7 Å². The van der Waals surface area contributed by atoms with E-state index in [0.29, 0.717) is 22.7 Å². The summed E-state index contributed by atoms with van der Waals surface area (Å²) in [5.74, 6) is -0.602. The van der Waals surface area contributed by atoms with E-state index < -0.39 is 23.6 Å². The Balaban J connectivity index is 1.81. The first-order chi connectivity index (χ1) is 15.2. The number of esters is 1. The average Bonchev–Trinajstić information content (AvgIpc) is 2.78. The van der Waals surface area contributed by atoms with Crippen LogP contribution >= 0.6 is 0 Å². The van der Waals surface area contributed by atoms with Gasteiger partial charge in [0, 0.05) is 16.9 Å². The molecule has 0 unspecified atom stereocenters. The number of hydrogen-bond donors (Lipinski definition) is 2. The van der Waals surface area contributed by atoms with E-state index in [9.17, 15) is 22.8 Å². The van der Waals surface area contributed by atoms with Gasteiger partial charge >= 0.3 is 12.1 Å². The normalized spacial score (nSPS) is 10.9. The number of rotatable bonds is 6. The van der Waals surface area contributed by atoms with Gasteiger partial charge in [0.2, 0.25) is 0 Å². The zero-order valence-corrected chi connectivity index (χ0v) is 17.1. The Bertz CT molecular complexity index is 1130. The van der Waals surface area contributed by atoms with Gasteiger partial charge in [0.05, 0.1) is 31.0 Å². The van der Waals surface area contributed by atoms with E-state index in [0.717, 1.165) is 12.1 Å². The van der Waals surface area contributed by atoms with Crippen LogP contribution in [-0.4, -0.2) is 26.1 Å². The van der Waals surface area contributed by atoms with Gasteiger partial charge in [-0.05, 0) is 60.7 Å². The lowest BCUT2D eigenvalue weighted by Gasteiger charge is -2.14. The molecule has 3 aromatic rings. The molecular weight excluding hydrogens is 425 g/mol. The lowest BCUT2D eigenvalue weighted by atomic mass is 10.1. The second-order valence-corrected chi connectivity index (χ2v) is 6.64. The Labute approximate surface area is 182 Å². The summed E-state index contributed by atoms with van der Waals surface area (Å²) in [6.45, 7) is 0. The van der Waals surface area contributed by atoms with Crippen LogP contribution in [0.2, 0.25) is 0 Å². The zero-order valence-electron chi connectivity index (χ0n) is 17.1. The third kappa shape index (κ3) is 5.37. The van der Waals surface area contributed by atoms with Crippen LogP contribution in [0.4, 0.5) is 30.2 Å². The molecule has 0 saturated heterocycles. The van der Waals surface area contributed by atoms with Crippen LogP contribution < -0.4 is 15.4 Å². The number of ether oxygens (including phenoxy) is 2. The highest BCUT2D eigenvalue weighted by molar-refractivity contribution is 6.05. The van der Waals surface area contributed by atoms with Crippen LogP contribution in [0.1, 0.15) is 26.3 Å². The summed E-state index contributed by atoms with van der Waals surface area (Å²) < 4.78 is 48.8. The number of benzene rings is 3. The van der Waals surface area contributed by atoms with Gasteiger partial charge in [-0.1, -0.05) is 6.07 Å². The molecule has 0 aromatic heterocycles. The predicted molar refractivity (Wildman–Crippen MR) is 113 cm³/mol. The highest BCUT2D eigenvalue weighted by Crippen LogP contribution is 2.33. The number of carbonyl (C=O) groups excluding carboxylic acids is 2. The minimum Gasteiger partial charge on any atom is -0.495 e. The molecular formula is C23H19F3N2O4. The van der Waals surface area contributed by atoms with E-state index in [-0.39, 0.29) is 11.3 Å². The monoisotopic (exact) mass is 444 g/mol. The number of hydrogen-bond acceptors (Lipinski definition) is 5. The summed E-state index contributed by atoms with van der Waals surface area (Å²) in [4.78, 5) is 24.2. The van der Waals surface area contributed by atoms with Gasteiger partial charge < -0.3 is 20.1 Å². The standard InChI is InChI=1S/C23H19F3N2O4/c1-31-20-11-8-15(21(29)28-17-9-6-14(7-10-17)22(30)32-2)12-19(20)27-18-5-3-4-16(13-18)23(24,25)26/h3-13,27H,1-2H3,(H,28,29). The fraction of sp³-hybridized carbons (Fsp3) is 0.130. The third-order valence-electron chi connectivity index (χ3n) is 4.49. The van der Waals surface area contributed by atoms with Crippen molar-refractivity contribution in [3.8, 4) is 5.75 Å². The van der Waals surface area contributed by atoms with Crippen molar-refractivity contribution in [1.82, 2.24) is 0 Å². The second-order valence-electron chi connectivity index (χ2n) is 6.64. The van der Waals surface area contributed by atoms with Crippen molar-refractivity contribution in [2.24, 2.45) is 0 Å². The van der Waals surface area contributed by atoms with Gasteiger partial charge in [0.1, 0.15) is 5.75 Å². The van der Waals surface area contributed by atoms with Crippen molar-refractivity contribution < 1.29 is 32.2 Å². The summed E-state index contributed by atoms with van der Waals surface area (Å²) in [7, 11) is 2.68. The van der Waals surface area contributed by atoms with Crippen molar-refractivity contribution in [3.63, 3.8) is 0 Å². The molecule has 0 saturated carbocycles. The SMILES string of the molecule is COC(=O)c1ccc(NC(=O)c2ccc(OC)c(Nc3cccc(C(F)(F)F)c3)c2)cc1. The van der Waals surface area contributed by atoms with Crippen molar-refractivity contribution in [2.75, 3.05) is 24.9 Å². The highest BCUT2D eigenvalue weighted by atomic mass is 19.4. The highest BCUT2D eigenvalue weighted by Gasteiger charge is 2.30. The van der Waals surface area contributed by atoms with Crippen molar-refractivity contribution in [2.45, 2.75) is 6.18 Å². The van der Waals surface area contributed by atoms with E-state index in [4.69, 9.17) is 4.74 Å². The molecule has 0 radical (unpaired) electrons. The molecule has 6 nitrogen and oxygen atoms in total. The van der Waals surface area contributed by atoms with E-state index in [2.05, 4.69) is 15.4 Å². The summed E-state index contributed by atoms with van der Waals surface area (Å²) in [5, 5.41) is 5.56. The summed E-state index contributed by atoms with van der Waals surface area (Å²) in [6, 6.07) is 15.3. The Morgan fingerprint density at radius 1 is 0.844 bits per heavy atom. The van der Waals surface area contributed by atoms with E-state index in [1.807, 2.05) is 0 Å². The maximum atomic E-state index is 13.0. The number of amides is 1. The number of methoxy groups -OCH3 is 2. The number of anilines is 3. The first-order valence-electron chi connectivity index (χ1n) is 9.33. The maximum absolute atomic E-state index is 13.0. The minimum absolute atomic E-state index is 0.189. The number of nitrogens with one attached hydrogen (secondary N) is 2. The maximum Gasteiger partial charge on any atom is 0.416 e. The van der Waals surface area contributed by atoms with Crippen LogP contribution in [0.15, 0.2) is 66.7 Å². The van der Waals surface area contributed by atoms with Crippen molar-refractivity contribution in [3.05, 3.63) is 83.4 Å². The Morgan fingerprint density at radius 3 is 2.16 bits per heavy atom. The van der Waals surface area contributed by atoms with Crippen molar-refractivity contribution in [1.29, 1.82) is 0 Å². The molecule has 0 aliphatic heterocycles. The van der Waals surface area contributed by atoms with E-state index >= 15 is 0 Å². The van der Waals surface area contributed by atoms with Gasteiger partial charge in [-0.25, -0.2) is 4.79 Å². The second kappa shape index (κ2) is 9.42. The van der Waals surface area contributed by atoms with Gasteiger partial charge in [0.15, 0.2) is 0 Å². The molecule has 32 heavy (non-hydrogen) atoms. The summed E-state index contributed by atoms with van der Waals surface area (Å²) in [5.41, 5.74) is 0.742. The fourth-order valence-electron chi connectivity index (χ4n) is 2.89. The molecule has 1 amide bonds. The molecule has 0 heterocycles. The van der Waals surface area contributed by atoms with Crippen LogP contribution in [0.5, 0.6) is 5.75 Å². The Morgan fingerprint density at radius 2 is 1.53 bits per heavy atom. The fourth-order valence-corrected chi connectivity index (χ4v) is 2.89. The molecule has 3 rings (SSSR count). The minimum atomic E-state index is -4.48. The van der Waals surface area contributed by atoms with Crippen molar-refractivity contribution >= 4 is 28.9 Å². The first-order valence-corrected chi connectivity index (χ1v) is 9.33. The quantitative estimate of drug-likeness (QED) is 0.491. The number of carbonyl (C=O) groups is 2. The van der Waals surface area contributed by atoms with Crippen LogP contribution in [0.25, 0.3) is 0 Å².